The molecular formula is C10H15F3N2O2. The molecule has 1 rings (SSSR count). The van der Waals surface area contributed by atoms with Crippen molar-refractivity contribution in [3.8, 4) is 0 Å². The van der Waals surface area contributed by atoms with Gasteiger partial charge in [-0.3, -0.25) is 9.59 Å². The molecule has 1 fully saturated rings. The number of piperazine rings is 1. The highest BCUT2D eigenvalue weighted by Gasteiger charge is 2.42. The van der Waals surface area contributed by atoms with Crippen LogP contribution in [0.25, 0.3) is 0 Å². The van der Waals surface area contributed by atoms with Crippen molar-refractivity contribution in [1.29, 1.82) is 0 Å². The largest absolute Gasteiger partial charge is 0.391 e. The van der Waals surface area contributed by atoms with Gasteiger partial charge in [0.15, 0.2) is 0 Å². The van der Waals surface area contributed by atoms with Gasteiger partial charge in [0.2, 0.25) is 11.8 Å². The quantitative estimate of drug-likeness (QED) is 0.799. The summed E-state index contributed by atoms with van der Waals surface area (Å²) in [7, 11) is 0. The van der Waals surface area contributed by atoms with E-state index in [2.05, 4.69) is 5.32 Å². The average Bonchev–Trinajstić information content (AvgIpc) is 2.12. The van der Waals surface area contributed by atoms with Crippen molar-refractivity contribution >= 4 is 11.8 Å². The molecule has 1 saturated heterocycles. The number of nitrogens with one attached hydrogen (secondary N) is 1. The molecule has 0 bridgehead atoms. The summed E-state index contributed by atoms with van der Waals surface area (Å²) < 4.78 is 36.8. The van der Waals surface area contributed by atoms with E-state index in [1.54, 1.807) is 0 Å². The van der Waals surface area contributed by atoms with Crippen LogP contribution < -0.4 is 5.32 Å². The molecule has 0 aromatic heterocycles. The van der Waals surface area contributed by atoms with Crippen LogP contribution in [0.1, 0.15) is 27.2 Å². The summed E-state index contributed by atoms with van der Waals surface area (Å²) in [6.07, 6.45) is -5.46. The minimum Gasteiger partial charge on any atom is -0.343 e. The molecule has 17 heavy (non-hydrogen) atoms. The van der Waals surface area contributed by atoms with Crippen molar-refractivity contribution in [1.82, 2.24) is 10.2 Å². The highest BCUT2D eigenvalue weighted by atomic mass is 19.4. The lowest BCUT2D eigenvalue weighted by molar-refractivity contribution is -0.164. The summed E-state index contributed by atoms with van der Waals surface area (Å²) in [5.74, 6) is -0.903. The second kappa shape index (κ2) is 4.54. The molecule has 0 radical (unpaired) electrons. The Morgan fingerprint density at radius 3 is 2.35 bits per heavy atom. The first-order valence-corrected chi connectivity index (χ1v) is 5.33. The molecule has 1 heterocycles. The summed E-state index contributed by atoms with van der Waals surface area (Å²) in [6.45, 7) is 4.18. The van der Waals surface area contributed by atoms with Crippen molar-refractivity contribution in [3.05, 3.63) is 0 Å². The Morgan fingerprint density at radius 2 is 1.88 bits per heavy atom. The molecule has 1 N–H and O–H groups in total. The Morgan fingerprint density at radius 1 is 1.35 bits per heavy atom. The SMILES string of the molecule is CC1NC(=O)C(C)N(C(C)CC(F)(F)F)C1=O. The van der Waals surface area contributed by atoms with Crippen molar-refractivity contribution < 1.29 is 22.8 Å². The number of carbonyl (C=O) groups is 2. The maximum absolute atomic E-state index is 12.3. The minimum atomic E-state index is -4.35. The average molecular weight is 252 g/mol. The number of nitrogens with zero attached hydrogens (tertiary/aromatic N) is 1. The molecule has 0 aromatic rings. The van der Waals surface area contributed by atoms with Gasteiger partial charge in [-0.1, -0.05) is 0 Å². The third kappa shape index (κ3) is 3.10. The Labute approximate surface area is 97.1 Å². The van der Waals surface area contributed by atoms with Crippen LogP contribution in [0.4, 0.5) is 13.2 Å². The van der Waals surface area contributed by atoms with Crippen LogP contribution >= 0.6 is 0 Å². The van der Waals surface area contributed by atoms with Crippen LogP contribution in [-0.2, 0) is 9.59 Å². The second-order valence-corrected chi connectivity index (χ2v) is 4.32. The van der Waals surface area contributed by atoms with E-state index in [9.17, 15) is 22.8 Å². The first kappa shape index (κ1) is 13.8. The molecule has 98 valence electrons. The zero-order chi connectivity index (χ0) is 13.4. The fourth-order valence-electron chi connectivity index (χ4n) is 1.97. The second-order valence-electron chi connectivity index (χ2n) is 4.32. The normalized spacial score (nSPS) is 28.0. The van der Waals surface area contributed by atoms with Gasteiger partial charge in [0.1, 0.15) is 12.1 Å². The van der Waals surface area contributed by atoms with Crippen LogP contribution in [0.5, 0.6) is 0 Å². The van der Waals surface area contributed by atoms with E-state index >= 15 is 0 Å². The van der Waals surface area contributed by atoms with Gasteiger partial charge in [-0.25, -0.2) is 0 Å². The zero-order valence-electron chi connectivity index (χ0n) is 9.84. The third-order valence-electron chi connectivity index (χ3n) is 2.78. The van der Waals surface area contributed by atoms with Crippen LogP contribution in [-0.4, -0.2) is 41.0 Å². The first-order chi connectivity index (χ1) is 7.63. The van der Waals surface area contributed by atoms with Gasteiger partial charge in [0.05, 0.1) is 6.42 Å². The first-order valence-electron chi connectivity index (χ1n) is 5.33. The lowest BCUT2D eigenvalue weighted by Gasteiger charge is -2.40. The summed E-state index contributed by atoms with van der Waals surface area (Å²) in [4.78, 5) is 24.2. The molecular weight excluding hydrogens is 237 g/mol. The maximum atomic E-state index is 12.3. The summed E-state index contributed by atoms with van der Waals surface area (Å²) in [5, 5.41) is 2.42. The molecule has 0 aromatic carbocycles. The zero-order valence-corrected chi connectivity index (χ0v) is 9.84. The predicted molar refractivity (Wildman–Crippen MR) is 54.0 cm³/mol. The Hall–Kier alpha value is -1.27. The van der Waals surface area contributed by atoms with E-state index in [1.807, 2.05) is 0 Å². The maximum Gasteiger partial charge on any atom is 0.391 e. The van der Waals surface area contributed by atoms with Crippen LogP contribution in [0.2, 0.25) is 0 Å². The highest BCUT2D eigenvalue weighted by molar-refractivity contribution is 5.96. The molecule has 7 heteroatoms. The highest BCUT2D eigenvalue weighted by Crippen LogP contribution is 2.26. The molecule has 0 aliphatic carbocycles. The van der Waals surface area contributed by atoms with Crippen molar-refractivity contribution in [2.24, 2.45) is 0 Å². The van der Waals surface area contributed by atoms with Gasteiger partial charge < -0.3 is 10.2 Å². The van der Waals surface area contributed by atoms with Gasteiger partial charge in [0, 0.05) is 6.04 Å². The van der Waals surface area contributed by atoms with Gasteiger partial charge in [0.25, 0.3) is 0 Å². The smallest absolute Gasteiger partial charge is 0.343 e. The fourth-order valence-corrected chi connectivity index (χ4v) is 1.97. The number of alkyl halides is 3. The van der Waals surface area contributed by atoms with E-state index in [-0.39, 0.29) is 0 Å². The van der Waals surface area contributed by atoms with Crippen molar-refractivity contribution in [2.75, 3.05) is 0 Å². The van der Waals surface area contributed by atoms with Crippen LogP contribution in [0.15, 0.2) is 0 Å². The van der Waals surface area contributed by atoms with E-state index < -0.39 is 42.5 Å². The molecule has 0 spiro atoms. The Balaban J connectivity index is 2.85. The standard InChI is InChI=1S/C10H15F3N2O2/c1-5(4-10(11,12)13)15-7(3)8(16)14-6(2)9(15)17/h5-7H,4H2,1-3H3,(H,14,16). The van der Waals surface area contributed by atoms with Gasteiger partial charge in [-0.2, -0.15) is 13.2 Å². The molecule has 3 atom stereocenters. The van der Waals surface area contributed by atoms with Crippen molar-refractivity contribution in [2.45, 2.75) is 51.5 Å². The van der Waals surface area contributed by atoms with Crippen LogP contribution in [0, 0.1) is 0 Å². The third-order valence-corrected chi connectivity index (χ3v) is 2.78. The number of carbonyl (C=O) groups excluding carboxylic acids is 2. The number of amides is 2. The number of hydrogen-bond acceptors (Lipinski definition) is 2. The molecule has 1 aliphatic heterocycles. The molecule has 2 amide bonds. The lowest BCUT2D eigenvalue weighted by Crippen LogP contribution is -2.63. The molecule has 1 aliphatic rings. The summed E-state index contributed by atoms with van der Waals surface area (Å²) >= 11 is 0. The molecule has 4 nitrogen and oxygen atoms in total. The summed E-state index contributed by atoms with van der Waals surface area (Å²) in [6, 6.07) is -2.67. The van der Waals surface area contributed by atoms with Gasteiger partial charge >= 0.3 is 6.18 Å². The predicted octanol–water partition coefficient (Wildman–Crippen LogP) is 1.06. The van der Waals surface area contributed by atoms with E-state index in [0.717, 1.165) is 4.90 Å². The van der Waals surface area contributed by atoms with Gasteiger partial charge in [-0.05, 0) is 20.8 Å². The van der Waals surface area contributed by atoms with Crippen LogP contribution in [0.3, 0.4) is 0 Å². The summed E-state index contributed by atoms with van der Waals surface area (Å²) in [5.41, 5.74) is 0. The monoisotopic (exact) mass is 252 g/mol. The Kier molecular flexibility index (Phi) is 3.68. The van der Waals surface area contributed by atoms with E-state index in [4.69, 9.17) is 0 Å². The van der Waals surface area contributed by atoms with E-state index in [1.165, 1.54) is 20.8 Å². The molecule has 3 unspecified atom stereocenters. The van der Waals surface area contributed by atoms with Gasteiger partial charge in [-0.15, -0.1) is 0 Å². The number of hydrogen-bond donors (Lipinski definition) is 1. The topological polar surface area (TPSA) is 49.4 Å². The Bertz CT molecular complexity index is 330. The molecule has 0 saturated carbocycles. The fraction of sp³-hybridized carbons (Fsp3) is 0.800. The number of halogens is 3. The lowest BCUT2D eigenvalue weighted by atomic mass is 10.0. The van der Waals surface area contributed by atoms with E-state index in [0.29, 0.717) is 0 Å². The van der Waals surface area contributed by atoms with Crippen molar-refractivity contribution in [3.63, 3.8) is 0 Å². The number of rotatable bonds is 2. The minimum absolute atomic E-state index is 0.425.